The molecule has 1 aromatic carbocycles. The van der Waals surface area contributed by atoms with Crippen LogP contribution in [0.1, 0.15) is 56.1 Å². The van der Waals surface area contributed by atoms with Crippen LogP contribution < -0.4 is 0 Å². The molecule has 5 atom stereocenters. The summed E-state index contributed by atoms with van der Waals surface area (Å²) in [6, 6.07) is 5.96. The Balaban J connectivity index is 1.71. The monoisotopic (exact) mass is 272 g/mol. The van der Waals surface area contributed by atoms with Crippen molar-refractivity contribution in [1.82, 2.24) is 0 Å². The summed E-state index contributed by atoms with van der Waals surface area (Å²) >= 11 is 0. The van der Waals surface area contributed by atoms with E-state index in [9.17, 15) is 10.2 Å². The van der Waals surface area contributed by atoms with E-state index in [4.69, 9.17) is 0 Å². The smallest absolute Gasteiger partial charge is 0.115 e. The van der Waals surface area contributed by atoms with E-state index in [2.05, 4.69) is 13.0 Å². The second-order valence-corrected chi connectivity index (χ2v) is 7.44. The summed E-state index contributed by atoms with van der Waals surface area (Å²) < 4.78 is 0. The molecule has 3 aliphatic carbocycles. The summed E-state index contributed by atoms with van der Waals surface area (Å²) in [5, 5.41) is 20.0. The van der Waals surface area contributed by atoms with Crippen LogP contribution in [0.15, 0.2) is 18.2 Å². The minimum Gasteiger partial charge on any atom is -0.508 e. The molecule has 2 saturated carbocycles. The van der Waals surface area contributed by atoms with Crippen LogP contribution in [-0.2, 0) is 6.42 Å². The zero-order chi connectivity index (χ0) is 13.9. The Morgan fingerprint density at radius 1 is 1.15 bits per heavy atom. The quantitative estimate of drug-likeness (QED) is 0.757. The maximum Gasteiger partial charge on any atom is 0.115 e. The van der Waals surface area contributed by atoms with Crippen LogP contribution in [0.2, 0.25) is 0 Å². The van der Waals surface area contributed by atoms with Crippen molar-refractivity contribution < 1.29 is 10.2 Å². The van der Waals surface area contributed by atoms with Crippen molar-refractivity contribution in [2.24, 2.45) is 17.3 Å². The molecule has 2 heteroatoms. The molecular formula is C18H24O2. The van der Waals surface area contributed by atoms with Crippen molar-refractivity contribution in [3.8, 4) is 5.75 Å². The second kappa shape index (κ2) is 4.24. The van der Waals surface area contributed by atoms with Gasteiger partial charge < -0.3 is 10.2 Å². The van der Waals surface area contributed by atoms with Crippen molar-refractivity contribution in [2.45, 2.75) is 57.5 Å². The molecule has 0 aliphatic heterocycles. The van der Waals surface area contributed by atoms with E-state index in [-0.39, 0.29) is 11.5 Å². The topological polar surface area (TPSA) is 40.5 Å². The molecule has 0 amide bonds. The number of aliphatic hydroxyl groups is 1. The van der Waals surface area contributed by atoms with Gasteiger partial charge in [0.15, 0.2) is 0 Å². The highest BCUT2D eigenvalue weighted by Gasteiger charge is 2.54. The standard InChI is InChI=1S/C18H24O2/c1-18-9-8-14-13-5-3-12(19)10-11(13)2-4-15(14)16(18)6-7-17(18)20/h3,5,10,14-17,19-20H,2,4,6-9H2,1H3/t14-,15+,16+,17+,18-/m1/s1. The van der Waals surface area contributed by atoms with Gasteiger partial charge in [-0.3, -0.25) is 0 Å². The van der Waals surface area contributed by atoms with Crippen LogP contribution in [0.3, 0.4) is 0 Å². The molecule has 0 bridgehead atoms. The first-order valence-corrected chi connectivity index (χ1v) is 8.09. The molecule has 108 valence electrons. The SMILES string of the molecule is C[C@@]12CC[C@@H]3c4ccc(O)cc4CC[C@@H]3[C@@H]1CC[C@@H]2O. The summed E-state index contributed by atoms with van der Waals surface area (Å²) in [6.45, 7) is 2.32. The van der Waals surface area contributed by atoms with Crippen molar-refractivity contribution in [1.29, 1.82) is 0 Å². The van der Waals surface area contributed by atoms with Crippen LogP contribution in [0, 0.1) is 17.3 Å². The largest absolute Gasteiger partial charge is 0.508 e. The summed E-state index contributed by atoms with van der Waals surface area (Å²) in [5.41, 5.74) is 2.99. The molecule has 0 saturated heterocycles. The van der Waals surface area contributed by atoms with Crippen LogP contribution >= 0.6 is 0 Å². The third-order valence-electron chi connectivity index (χ3n) is 6.66. The van der Waals surface area contributed by atoms with Gasteiger partial charge in [-0.05, 0) is 85.0 Å². The Hall–Kier alpha value is -1.02. The number of aryl methyl sites for hydroxylation is 1. The Bertz CT molecular complexity index is 538. The number of phenolic OH excluding ortho intramolecular Hbond substituents is 1. The van der Waals surface area contributed by atoms with Crippen molar-refractivity contribution >= 4 is 0 Å². The molecule has 1 aromatic rings. The first kappa shape index (κ1) is 12.7. The van der Waals surface area contributed by atoms with Gasteiger partial charge in [0.2, 0.25) is 0 Å². The van der Waals surface area contributed by atoms with Crippen molar-refractivity contribution in [3.63, 3.8) is 0 Å². The first-order valence-electron chi connectivity index (χ1n) is 8.09. The fourth-order valence-electron chi connectivity index (χ4n) is 5.54. The molecule has 0 spiro atoms. The maximum absolute atomic E-state index is 10.4. The highest BCUT2D eigenvalue weighted by Crippen LogP contribution is 2.60. The number of aliphatic hydroxyl groups excluding tert-OH is 1. The number of benzene rings is 1. The summed E-state index contributed by atoms with van der Waals surface area (Å²) in [7, 11) is 0. The van der Waals surface area contributed by atoms with Gasteiger partial charge in [0.1, 0.15) is 5.75 Å². The molecular weight excluding hydrogens is 248 g/mol. The summed E-state index contributed by atoms with van der Waals surface area (Å²) in [5.74, 6) is 2.49. The van der Waals surface area contributed by atoms with E-state index in [1.165, 1.54) is 30.4 Å². The predicted octanol–water partition coefficient (Wildman–Crippen LogP) is 3.61. The van der Waals surface area contributed by atoms with Crippen LogP contribution in [0.4, 0.5) is 0 Å². The van der Waals surface area contributed by atoms with E-state index in [0.29, 0.717) is 17.6 Å². The van der Waals surface area contributed by atoms with Crippen molar-refractivity contribution in [2.75, 3.05) is 0 Å². The zero-order valence-corrected chi connectivity index (χ0v) is 12.2. The van der Waals surface area contributed by atoms with Crippen molar-refractivity contribution in [3.05, 3.63) is 29.3 Å². The lowest BCUT2D eigenvalue weighted by atomic mass is 9.55. The van der Waals surface area contributed by atoms with Gasteiger partial charge in [0.05, 0.1) is 6.10 Å². The van der Waals surface area contributed by atoms with Crippen LogP contribution in [-0.4, -0.2) is 16.3 Å². The highest BCUT2D eigenvalue weighted by atomic mass is 16.3. The van der Waals surface area contributed by atoms with Crippen LogP contribution in [0.25, 0.3) is 0 Å². The van der Waals surface area contributed by atoms with Gasteiger partial charge in [-0.1, -0.05) is 13.0 Å². The lowest BCUT2D eigenvalue weighted by molar-refractivity contribution is -0.0226. The van der Waals surface area contributed by atoms with E-state index in [1.807, 2.05) is 12.1 Å². The molecule has 3 aliphatic rings. The third kappa shape index (κ3) is 1.60. The van der Waals surface area contributed by atoms with E-state index < -0.39 is 0 Å². The molecule has 2 N–H and O–H groups in total. The molecule has 0 radical (unpaired) electrons. The Labute approximate surface area is 120 Å². The number of aromatic hydroxyl groups is 1. The molecule has 0 heterocycles. The number of hydrogen-bond donors (Lipinski definition) is 2. The predicted molar refractivity (Wildman–Crippen MR) is 78.7 cm³/mol. The summed E-state index contributed by atoms with van der Waals surface area (Å²) in [4.78, 5) is 0. The normalized spacial score (nSPS) is 42.7. The minimum atomic E-state index is -0.0883. The first-order chi connectivity index (χ1) is 9.59. The fraction of sp³-hybridized carbons (Fsp3) is 0.667. The lowest BCUT2D eigenvalue weighted by Gasteiger charge is -2.50. The molecule has 2 nitrogen and oxygen atoms in total. The van der Waals surface area contributed by atoms with Gasteiger partial charge in [-0.25, -0.2) is 0 Å². The number of fused-ring (bicyclic) bond motifs is 5. The van der Waals surface area contributed by atoms with Gasteiger partial charge in [-0.15, -0.1) is 0 Å². The number of hydrogen-bond acceptors (Lipinski definition) is 2. The Morgan fingerprint density at radius 3 is 2.85 bits per heavy atom. The molecule has 20 heavy (non-hydrogen) atoms. The van der Waals surface area contributed by atoms with Gasteiger partial charge in [-0.2, -0.15) is 0 Å². The average molecular weight is 272 g/mol. The Kier molecular flexibility index (Phi) is 2.69. The molecule has 2 fully saturated rings. The fourth-order valence-corrected chi connectivity index (χ4v) is 5.54. The van der Waals surface area contributed by atoms with Gasteiger partial charge >= 0.3 is 0 Å². The van der Waals surface area contributed by atoms with Crippen LogP contribution in [0.5, 0.6) is 5.75 Å². The minimum absolute atomic E-state index is 0.0883. The maximum atomic E-state index is 10.4. The van der Waals surface area contributed by atoms with Gasteiger partial charge in [0, 0.05) is 0 Å². The van der Waals surface area contributed by atoms with Gasteiger partial charge in [0.25, 0.3) is 0 Å². The van der Waals surface area contributed by atoms with E-state index in [0.717, 1.165) is 25.2 Å². The average Bonchev–Trinajstić information content (AvgIpc) is 2.74. The molecule has 4 rings (SSSR count). The number of rotatable bonds is 0. The molecule has 0 aromatic heterocycles. The number of phenols is 1. The third-order valence-corrected chi connectivity index (χ3v) is 6.66. The van der Waals surface area contributed by atoms with E-state index in [1.54, 1.807) is 0 Å². The lowest BCUT2D eigenvalue weighted by Crippen LogP contribution is -2.43. The molecule has 0 unspecified atom stereocenters. The highest BCUT2D eigenvalue weighted by molar-refractivity contribution is 5.40. The Morgan fingerprint density at radius 2 is 2.00 bits per heavy atom. The zero-order valence-electron chi connectivity index (χ0n) is 12.2. The van der Waals surface area contributed by atoms with E-state index >= 15 is 0 Å². The summed E-state index contributed by atoms with van der Waals surface area (Å²) in [6.07, 6.45) is 6.78. The second-order valence-electron chi connectivity index (χ2n) is 7.44.